The summed E-state index contributed by atoms with van der Waals surface area (Å²) in [6.07, 6.45) is 5.27. The molecule has 1 atom stereocenters. The van der Waals surface area contributed by atoms with Gasteiger partial charge in [-0.2, -0.15) is 23.5 Å². The zero-order valence-corrected chi connectivity index (χ0v) is 15.9. The molecule has 0 radical (unpaired) electrons. The SMILES string of the molecule is O=C(CC1(C(=O)NC2CCSCC2)CCNC1)NC1CCSCC1. The Labute approximate surface area is 153 Å². The van der Waals surface area contributed by atoms with Crippen molar-refractivity contribution in [3.05, 3.63) is 0 Å². The van der Waals surface area contributed by atoms with Gasteiger partial charge in [-0.05, 0) is 61.7 Å². The summed E-state index contributed by atoms with van der Waals surface area (Å²) in [4.78, 5) is 25.5. The third-order valence-electron chi connectivity index (χ3n) is 5.37. The van der Waals surface area contributed by atoms with Gasteiger partial charge in [0.15, 0.2) is 0 Å². The van der Waals surface area contributed by atoms with Crippen LogP contribution >= 0.6 is 23.5 Å². The molecule has 5 nitrogen and oxygen atoms in total. The molecule has 3 aliphatic rings. The molecular weight excluding hydrogens is 342 g/mol. The lowest BCUT2D eigenvalue weighted by Gasteiger charge is -2.31. The van der Waals surface area contributed by atoms with Crippen LogP contribution in [0.5, 0.6) is 0 Å². The Bertz CT molecular complexity index is 443. The highest BCUT2D eigenvalue weighted by molar-refractivity contribution is 7.99. The van der Waals surface area contributed by atoms with Crippen molar-refractivity contribution >= 4 is 35.3 Å². The fraction of sp³-hybridized carbons (Fsp3) is 0.882. The smallest absolute Gasteiger partial charge is 0.228 e. The van der Waals surface area contributed by atoms with E-state index in [0.29, 0.717) is 19.0 Å². The molecule has 0 aromatic rings. The Morgan fingerprint density at radius 2 is 1.54 bits per heavy atom. The number of thioether (sulfide) groups is 2. The van der Waals surface area contributed by atoms with E-state index in [2.05, 4.69) is 16.0 Å². The molecule has 2 amide bonds. The molecule has 3 fully saturated rings. The number of amides is 2. The molecule has 3 rings (SSSR count). The van der Waals surface area contributed by atoms with Crippen molar-refractivity contribution in [2.24, 2.45) is 5.41 Å². The van der Waals surface area contributed by atoms with Crippen molar-refractivity contribution in [3.63, 3.8) is 0 Å². The second kappa shape index (κ2) is 8.81. The van der Waals surface area contributed by atoms with Crippen LogP contribution in [0, 0.1) is 5.41 Å². The van der Waals surface area contributed by atoms with E-state index in [1.165, 1.54) is 0 Å². The lowest BCUT2D eigenvalue weighted by atomic mass is 9.81. The van der Waals surface area contributed by atoms with Gasteiger partial charge in [0, 0.05) is 25.0 Å². The quantitative estimate of drug-likeness (QED) is 0.681. The van der Waals surface area contributed by atoms with Crippen LogP contribution in [0.15, 0.2) is 0 Å². The van der Waals surface area contributed by atoms with E-state index in [0.717, 1.165) is 61.7 Å². The first-order chi connectivity index (χ1) is 11.7. The molecule has 3 aliphatic heterocycles. The molecule has 3 saturated heterocycles. The number of hydrogen-bond acceptors (Lipinski definition) is 5. The highest BCUT2D eigenvalue weighted by atomic mass is 32.2. The Morgan fingerprint density at radius 3 is 2.08 bits per heavy atom. The van der Waals surface area contributed by atoms with Crippen LogP contribution in [0.3, 0.4) is 0 Å². The highest BCUT2D eigenvalue weighted by Crippen LogP contribution is 2.31. The maximum Gasteiger partial charge on any atom is 0.228 e. The first-order valence-electron chi connectivity index (χ1n) is 9.14. The van der Waals surface area contributed by atoms with Crippen molar-refractivity contribution < 1.29 is 9.59 Å². The average molecular weight is 372 g/mol. The minimum atomic E-state index is -0.557. The number of carbonyl (C=O) groups is 2. The Balaban J connectivity index is 1.55. The van der Waals surface area contributed by atoms with Gasteiger partial charge in [-0.25, -0.2) is 0 Å². The topological polar surface area (TPSA) is 70.2 Å². The molecule has 136 valence electrons. The van der Waals surface area contributed by atoms with Crippen molar-refractivity contribution in [1.29, 1.82) is 0 Å². The van der Waals surface area contributed by atoms with Crippen LogP contribution in [0.2, 0.25) is 0 Å². The largest absolute Gasteiger partial charge is 0.353 e. The summed E-state index contributed by atoms with van der Waals surface area (Å²) in [7, 11) is 0. The zero-order valence-electron chi connectivity index (χ0n) is 14.3. The molecule has 3 N–H and O–H groups in total. The maximum atomic E-state index is 12.9. The summed E-state index contributed by atoms with van der Waals surface area (Å²) >= 11 is 3.91. The van der Waals surface area contributed by atoms with Gasteiger partial charge in [0.1, 0.15) is 0 Å². The molecule has 0 aliphatic carbocycles. The summed E-state index contributed by atoms with van der Waals surface area (Å²) in [6.45, 7) is 1.44. The summed E-state index contributed by atoms with van der Waals surface area (Å²) in [5, 5.41) is 9.69. The molecule has 1 unspecified atom stereocenters. The summed E-state index contributed by atoms with van der Waals surface area (Å²) in [5.41, 5.74) is -0.557. The lowest BCUT2D eigenvalue weighted by molar-refractivity contribution is -0.136. The summed E-state index contributed by atoms with van der Waals surface area (Å²) in [6, 6.07) is 0.582. The van der Waals surface area contributed by atoms with Gasteiger partial charge in [0.25, 0.3) is 0 Å². The first kappa shape index (κ1) is 18.4. The number of nitrogens with one attached hydrogen (secondary N) is 3. The molecular formula is C17H29N3O2S2. The van der Waals surface area contributed by atoms with Crippen molar-refractivity contribution in [2.45, 2.75) is 50.6 Å². The van der Waals surface area contributed by atoms with Gasteiger partial charge >= 0.3 is 0 Å². The number of hydrogen-bond donors (Lipinski definition) is 3. The number of carbonyl (C=O) groups excluding carboxylic acids is 2. The molecule has 0 aromatic heterocycles. The van der Waals surface area contributed by atoms with Crippen molar-refractivity contribution in [3.8, 4) is 0 Å². The predicted molar refractivity (Wildman–Crippen MR) is 102 cm³/mol. The van der Waals surface area contributed by atoms with Gasteiger partial charge in [0.2, 0.25) is 11.8 Å². The van der Waals surface area contributed by atoms with Crippen molar-refractivity contribution in [2.75, 3.05) is 36.1 Å². The molecule has 0 saturated carbocycles. The fourth-order valence-electron chi connectivity index (χ4n) is 3.78. The van der Waals surface area contributed by atoms with Crippen LogP contribution in [-0.4, -0.2) is 60.0 Å². The van der Waals surface area contributed by atoms with Crippen LogP contribution in [0.25, 0.3) is 0 Å². The normalized spacial score (nSPS) is 29.3. The van der Waals surface area contributed by atoms with Gasteiger partial charge < -0.3 is 16.0 Å². The average Bonchev–Trinajstić information content (AvgIpc) is 3.06. The van der Waals surface area contributed by atoms with E-state index in [1.807, 2.05) is 23.5 Å². The number of rotatable bonds is 5. The van der Waals surface area contributed by atoms with Crippen LogP contribution in [-0.2, 0) is 9.59 Å². The predicted octanol–water partition coefficient (Wildman–Crippen LogP) is 1.38. The van der Waals surface area contributed by atoms with E-state index in [4.69, 9.17) is 0 Å². The molecule has 0 bridgehead atoms. The molecule has 7 heteroatoms. The third kappa shape index (κ3) is 4.82. The Morgan fingerprint density at radius 1 is 0.958 bits per heavy atom. The minimum absolute atomic E-state index is 0.0462. The highest BCUT2D eigenvalue weighted by Gasteiger charge is 2.43. The van der Waals surface area contributed by atoms with Gasteiger partial charge in [-0.15, -0.1) is 0 Å². The molecule has 0 spiro atoms. The Kier molecular flexibility index (Phi) is 6.75. The third-order valence-corrected chi connectivity index (χ3v) is 7.46. The van der Waals surface area contributed by atoms with E-state index in [-0.39, 0.29) is 17.9 Å². The van der Waals surface area contributed by atoms with E-state index < -0.39 is 5.41 Å². The first-order valence-corrected chi connectivity index (χ1v) is 11.5. The van der Waals surface area contributed by atoms with Crippen LogP contribution in [0.1, 0.15) is 38.5 Å². The maximum absolute atomic E-state index is 12.9. The van der Waals surface area contributed by atoms with Crippen LogP contribution < -0.4 is 16.0 Å². The zero-order chi connectivity index (χ0) is 16.8. The van der Waals surface area contributed by atoms with Crippen molar-refractivity contribution in [1.82, 2.24) is 16.0 Å². The standard InChI is InChI=1S/C17H29N3O2S2/c21-15(19-13-1-7-23-8-2-13)11-17(5-6-18-12-17)16(22)20-14-3-9-24-10-4-14/h13-14,18H,1-12H2,(H,19,21)(H,20,22). The molecule has 24 heavy (non-hydrogen) atoms. The molecule has 3 heterocycles. The van der Waals surface area contributed by atoms with E-state index in [9.17, 15) is 9.59 Å². The molecule has 0 aromatic carbocycles. The summed E-state index contributed by atoms with van der Waals surface area (Å²) < 4.78 is 0. The fourth-order valence-corrected chi connectivity index (χ4v) is 5.99. The summed E-state index contributed by atoms with van der Waals surface area (Å²) in [5.74, 6) is 4.62. The second-order valence-corrected chi connectivity index (χ2v) is 9.65. The van der Waals surface area contributed by atoms with Gasteiger partial charge in [0.05, 0.1) is 5.41 Å². The second-order valence-electron chi connectivity index (χ2n) is 7.20. The van der Waals surface area contributed by atoms with Crippen LogP contribution in [0.4, 0.5) is 0 Å². The monoisotopic (exact) mass is 371 g/mol. The minimum Gasteiger partial charge on any atom is -0.353 e. The Hall–Kier alpha value is -0.400. The lowest BCUT2D eigenvalue weighted by Crippen LogP contribution is -2.50. The van der Waals surface area contributed by atoms with E-state index >= 15 is 0 Å². The van der Waals surface area contributed by atoms with Gasteiger partial charge in [-0.3, -0.25) is 9.59 Å². The van der Waals surface area contributed by atoms with E-state index in [1.54, 1.807) is 0 Å². The van der Waals surface area contributed by atoms with Gasteiger partial charge in [-0.1, -0.05) is 0 Å².